The van der Waals surface area contributed by atoms with Gasteiger partial charge in [-0.3, -0.25) is 0 Å². The van der Waals surface area contributed by atoms with Crippen LogP contribution in [-0.4, -0.2) is 39.0 Å². The Bertz CT molecular complexity index is 576. The van der Waals surface area contributed by atoms with E-state index >= 15 is 0 Å². The summed E-state index contributed by atoms with van der Waals surface area (Å²) in [6, 6.07) is 0. The van der Waals surface area contributed by atoms with Gasteiger partial charge < -0.3 is 18.9 Å². The summed E-state index contributed by atoms with van der Waals surface area (Å²) in [4.78, 5) is 0. The predicted molar refractivity (Wildman–Crippen MR) is 188 cm³/mol. The normalized spacial score (nSPS) is 19.0. The van der Waals surface area contributed by atoms with Crippen LogP contribution in [0.15, 0.2) is 0 Å². The lowest BCUT2D eigenvalue weighted by Crippen LogP contribution is -2.16. The summed E-state index contributed by atoms with van der Waals surface area (Å²) in [6.07, 6.45) is 42.8. The number of rotatable bonds is 37. The van der Waals surface area contributed by atoms with Crippen molar-refractivity contribution in [3.63, 3.8) is 0 Å². The zero-order valence-corrected chi connectivity index (χ0v) is 30.0. The molecular formula is C40H78O4. The first-order chi connectivity index (χ1) is 21.8. The van der Waals surface area contributed by atoms with Gasteiger partial charge in [-0.15, -0.1) is 0 Å². The van der Waals surface area contributed by atoms with Gasteiger partial charge in [-0.1, -0.05) is 194 Å². The minimum absolute atomic E-state index is 0.130. The molecule has 44 heavy (non-hydrogen) atoms. The Morgan fingerprint density at radius 2 is 0.636 bits per heavy atom. The van der Waals surface area contributed by atoms with Gasteiger partial charge in [-0.25, -0.2) is 0 Å². The van der Waals surface area contributed by atoms with Crippen LogP contribution in [0.5, 0.6) is 0 Å². The predicted octanol–water partition coefficient (Wildman–Crippen LogP) is 12.7. The molecule has 0 amide bonds. The summed E-state index contributed by atoms with van der Waals surface area (Å²) in [6.45, 7) is 8.06. The fourth-order valence-corrected chi connectivity index (χ4v) is 7.09. The minimum Gasteiger partial charge on any atom is -0.350 e. The molecule has 4 unspecified atom stereocenters. The average molecular weight is 623 g/mol. The third-order valence-electron chi connectivity index (χ3n) is 10.2. The van der Waals surface area contributed by atoms with Crippen LogP contribution in [0.2, 0.25) is 0 Å². The van der Waals surface area contributed by atoms with Crippen molar-refractivity contribution in [1.82, 2.24) is 0 Å². The van der Waals surface area contributed by atoms with Crippen LogP contribution < -0.4 is 0 Å². The second-order valence-electron chi connectivity index (χ2n) is 14.4. The smallest absolute Gasteiger partial charge is 0.181 e. The van der Waals surface area contributed by atoms with E-state index in [2.05, 4.69) is 13.8 Å². The van der Waals surface area contributed by atoms with Crippen LogP contribution >= 0.6 is 0 Å². The lowest BCUT2D eigenvalue weighted by atomic mass is 9.78. The maximum atomic E-state index is 5.62. The lowest BCUT2D eigenvalue weighted by Gasteiger charge is -2.28. The van der Waals surface area contributed by atoms with Crippen molar-refractivity contribution >= 4 is 0 Å². The summed E-state index contributed by atoms with van der Waals surface area (Å²) < 4.78 is 21.5. The van der Waals surface area contributed by atoms with Gasteiger partial charge in [-0.05, 0) is 24.7 Å². The Kier molecular flexibility index (Phi) is 27.5. The van der Waals surface area contributed by atoms with Crippen molar-refractivity contribution in [2.45, 2.75) is 219 Å². The van der Waals surface area contributed by atoms with Crippen molar-refractivity contribution in [3.8, 4) is 0 Å². The highest BCUT2D eigenvalue weighted by Crippen LogP contribution is 2.34. The maximum absolute atomic E-state index is 5.62. The molecule has 4 heteroatoms. The Morgan fingerprint density at radius 3 is 0.909 bits per heavy atom. The number of epoxide rings is 2. The second kappa shape index (κ2) is 30.2. The minimum atomic E-state index is 0.130. The van der Waals surface area contributed by atoms with E-state index in [-0.39, 0.29) is 12.6 Å². The molecule has 0 N–H and O–H groups in total. The topological polar surface area (TPSA) is 43.5 Å². The zero-order chi connectivity index (χ0) is 31.2. The highest BCUT2D eigenvalue weighted by atomic mass is 16.8. The molecule has 0 aromatic carbocycles. The number of hydrogen-bond donors (Lipinski definition) is 0. The van der Waals surface area contributed by atoms with Gasteiger partial charge in [0.2, 0.25) is 0 Å². The van der Waals surface area contributed by atoms with Crippen LogP contribution in [0.1, 0.15) is 206 Å². The van der Waals surface area contributed by atoms with Crippen molar-refractivity contribution in [1.29, 1.82) is 0 Å². The highest BCUT2D eigenvalue weighted by Gasteiger charge is 2.23. The Hall–Kier alpha value is -0.160. The van der Waals surface area contributed by atoms with Crippen LogP contribution in [-0.2, 0) is 18.9 Å². The third kappa shape index (κ3) is 26.0. The summed E-state index contributed by atoms with van der Waals surface area (Å²) in [5.41, 5.74) is 0. The molecule has 262 valence electrons. The second-order valence-corrected chi connectivity index (χ2v) is 14.4. The van der Waals surface area contributed by atoms with Crippen LogP contribution in [0, 0.1) is 11.8 Å². The lowest BCUT2D eigenvalue weighted by molar-refractivity contribution is 0.0476. The first kappa shape index (κ1) is 40.0. The van der Waals surface area contributed by atoms with E-state index < -0.39 is 0 Å². The average Bonchev–Trinajstić information content (AvgIpc) is 3.97. The van der Waals surface area contributed by atoms with Gasteiger partial charge in [0.05, 0.1) is 0 Å². The van der Waals surface area contributed by atoms with Gasteiger partial charge in [0.1, 0.15) is 13.2 Å². The van der Waals surface area contributed by atoms with E-state index in [9.17, 15) is 0 Å². The Balaban J connectivity index is 1.69. The largest absolute Gasteiger partial charge is 0.350 e. The third-order valence-corrected chi connectivity index (χ3v) is 10.2. The molecular weight excluding hydrogens is 544 g/mol. The van der Waals surface area contributed by atoms with Crippen LogP contribution in [0.25, 0.3) is 0 Å². The van der Waals surface area contributed by atoms with E-state index in [4.69, 9.17) is 18.9 Å². The Morgan fingerprint density at radius 1 is 0.386 bits per heavy atom. The highest BCUT2D eigenvalue weighted by molar-refractivity contribution is 4.72. The standard InChI is InChI=1S/C40H78O4/c1-3-5-7-9-12-18-24-30-38(32-26-20-14-16-22-28-34-42-40-36-44-40)37(29-23-17-10-8-6-4-2)31-25-19-13-11-15-21-27-33-41-39-35-43-39/h37-40H,3-36H2,1-2H3. The summed E-state index contributed by atoms with van der Waals surface area (Å²) >= 11 is 0. The zero-order valence-electron chi connectivity index (χ0n) is 30.0. The van der Waals surface area contributed by atoms with Gasteiger partial charge in [0, 0.05) is 13.2 Å². The first-order valence-electron chi connectivity index (χ1n) is 20.3. The molecule has 2 heterocycles. The number of hydrogen-bond acceptors (Lipinski definition) is 4. The molecule has 2 aliphatic heterocycles. The van der Waals surface area contributed by atoms with Gasteiger partial charge >= 0.3 is 0 Å². The molecule has 0 spiro atoms. The molecule has 2 aliphatic rings. The molecule has 2 fully saturated rings. The van der Waals surface area contributed by atoms with E-state index in [1.165, 1.54) is 193 Å². The van der Waals surface area contributed by atoms with Gasteiger partial charge in [0.15, 0.2) is 12.6 Å². The van der Waals surface area contributed by atoms with E-state index in [0.717, 1.165) is 38.3 Å². The van der Waals surface area contributed by atoms with E-state index in [1.54, 1.807) is 0 Å². The van der Waals surface area contributed by atoms with Crippen molar-refractivity contribution in [2.24, 2.45) is 11.8 Å². The maximum Gasteiger partial charge on any atom is 0.181 e. The molecule has 0 saturated carbocycles. The SMILES string of the molecule is CCCCCCCCCC(CCCCCCCCOC1CO1)C(CCCCCCCC)CCCCCCCCCOC1CO1. The monoisotopic (exact) mass is 623 g/mol. The fraction of sp³-hybridized carbons (Fsp3) is 1.00. The van der Waals surface area contributed by atoms with Crippen molar-refractivity contribution < 1.29 is 18.9 Å². The van der Waals surface area contributed by atoms with E-state index in [0.29, 0.717) is 0 Å². The summed E-state index contributed by atoms with van der Waals surface area (Å²) in [7, 11) is 0. The summed E-state index contributed by atoms with van der Waals surface area (Å²) in [5, 5.41) is 0. The molecule has 0 aromatic rings. The van der Waals surface area contributed by atoms with Gasteiger partial charge in [-0.2, -0.15) is 0 Å². The quantitative estimate of drug-likeness (QED) is 0.0510. The molecule has 4 nitrogen and oxygen atoms in total. The first-order valence-corrected chi connectivity index (χ1v) is 20.3. The van der Waals surface area contributed by atoms with Crippen molar-refractivity contribution in [3.05, 3.63) is 0 Å². The molecule has 4 atom stereocenters. The molecule has 0 bridgehead atoms. The Labute approximate surface area is 275 Å². The molecule has 0 aromatic heterocycles. The molecule has 0 radical (unpaired) electrons. The van der Waals surface area contributed by atoms with Gasteiger partial charge in [0.25, 0.3) is 0 Å². The molecule has 0 aliphatic carbocycles. The van der Waals surface area contributed by atoms with Crippen LogP contribution in [0.3, 0.4) is 0 Å². The number of ether oxygens (including phenoxy) is 4. The fourth-order valence-electron chi connectivity index (χ4n) is 7.09. The molecule has 2 rings (SSSR count). The summed E-state index contributed by atoms with van der Waals surface area (Å²) in [5.74, 6) is 1.95. The number of unbranched alkanes of at least 4 members (excludes halogenated alkanes) is 22. The van der Waals surface area contributed by atoms with Crippen LogP contribution in [0.4, 0.5) is 0 Å². The van der Waals surface area contributed by atoms with Crippen molar-refractivity contribution in [2.75, 3.05) is 26.4 Å². The van der Waals surface area contributed by atoms with E-state index in [1.807, 2.05) is 0 Å². The molecule has 2 saturated heterocycles.